The molecule has 0 aliphatic carbocycles. The number of hydrogen-bond donors (Lipinski definition) is 2. The SMILES string of the molecule is C[C@H](NC(=O)[C@H]1CC(=O)N(CCc2ccccc2)C1)c1nc2ccccc2[nH]1. The summed E-state index contributed by atoms with van der Waals surface area (Å²) in [6, 6.07) is 17.6. The third kappa shape index (κ3) is 3.91. The fourth-order valence-electron chi connectivity index (χ4n) is 3.65. The number of imidazole rings is 1. The Balaban J connectivity index is 1.33. The number of carbonyl (C=O) groups is 2. The molecule has 6 nitrogen and oxygen atoms in total. The van der Waals surface area contributed by atoms with Crippen LogP contribution in [0.15, 0.2) is 54.6 Å². The number of aromatic amines is 1. The van der Waals surface area contributed by atoms with Gasteiger partial charge in [-0.2, -0.15) is 0 Å². The normalized spacial score (nSPS) is 17.8. The average molecular weight is 376 g/mol. The smallest absolute Gasteiger partial charge is 0.226 e. The van der Waals surface area contributed by atoms with Gasteiger partial charge in [-0.25, -0.2) is 4.98 Å². The third-order valence-electron chi connectivity index (χ3n) is 5.28. The first-order valence-corrected chi connectivity index (χ1v) is 9.67. The van der Waals surface area contributed by atoms with Crippen LogP contribution in [0.25, 0.3) is 11.0 Å². The van der Waals surface area contributed by atoms with Gasteiger partial charge in [0, 0.05) is 19.5 Å². The van der Waals surface area contributed by atoms with E-state index in [0.29, 0.717) is 13.1 Å². The number of likely N-dealkylation sites (tertiary alicyclic amines) is 1. The minimum absolute atomic E-state index is 0.0486. The Kier molecular flexibility index (Phi) is 5.10. The molecule has 2 amide bonds. The fraction of sp³-hybridized carbons (Fsp3) is 0.318. The number of aromatic nitrogens is 2. The molecule has 2 heterocycles. The maximum atomic E-state index is 12.7. The molecule has 144 valence electrons. The van der Waals surface area contributed by atoms with Gasteiger partial charge in [-0.1, -0.05) is 42.5 Å². The summed E-state index contributed by atoms with van der Waals surface area (Å²) in [5, 5.41) is 3.00. The molecule has 1 aromatic heterocycles. The van der Waals surface area contributed by atoms with Crippen LogP contribution in [0.2, 0.25) is 0 Å². The highest BCUT2D eigenvalue weighted by Crippen LogP contribution is 2.21. The Bertz CT molecular complexity index is 949. The van der Waals surface area contributed by atoms with Crippen molar-refractivity contribution in [1.29, 1.82) is 0 Å². The zero-order valence-corrected chi connectivity index (χ0v) is 15.9. The number of para-hydroxylation sites is 2. The van der Waals surface area contributed by atoms with E-state index >= 15 is 0 Å². The van der Waals surface area contributed by atoms with Crippen molar-refractivity contribution < 1.29 is 9.59 Å². The van der Waals surface area contributed by atoms with Gasteiger partial charge in [0.1, 0.15) is 5.82 Å². The Hall–Kier alpha value is -3.15. The number of benzene rings is 2. The topological polar surface area (TPSA) is 78.1 Å². The van der Waals surface area contributed by atoms with Crippen molar-refractivity contribution >= 4 is 22.8 Å². The predicted octanol–water partition coefficient (Wildman–Crippen LogP) is 2.83. The van der Waals surface area contributed by atoms with Crippen molar-refractivity contribution in [1.82, 2.24) is 20.2 Å². The molecule has 0 unspecified atom stereocenters. The van der Waals surface area contributed by atoms with Crippen LogP contribution in [-0.4, -0.2) is 39.8 Å². The van der Waals surface area contributed by atoms with Crippen LogP contribution < -0.4 is 5.32 Å². The van der Waals surface area contributed by atoms with Gasteiger partial charge in [0.05, 0.1) is 23.0 Å². The van der Waals surface area contributed by atoms with Crippen LogP contribution in [0.1, 0.15) is 30.8 Å². The molecule has 1 saturated heterocycles. The van der Waals surface area contributed by atoms with Crippen LogP contribution in [0.4, 0.5) is 0 Å². The summed E-state index contributed by atoms with van der Waals surface area (Å²) in [6.07, 6.45) is 1.07. The molecule has 3 aromatic rings. The molecule has 1 fully saturated rings. The van der Waals surface area contributed by atoms with E-state index in [4.69, 9.17) is 0 Å². The molecule has 2 aromatic carbocycles. The van der Waals surface area contributed by atoms with Gasteiger partial charge >= 0.3 is 0 Å². The van der Waals surface area contributed by atoms with Gasteiger partial charge in [0.2, 0.25) is 11.8 Å². The van der Waals surface area contributed by atoms with E-state index in [9.17, 15) is 9.59 Å². The second-order valence-corrected chi connectivity index (χ2v) is 7.35. The van der Waals surface area contributed by atoms with E-state index < -0.39 is 0 Å². The Morgan fingerprint density at radius 2 is 1.96 bits per heavy atom. The zero-order chi connectivity index (χ0) is 19.5. The third-order valence-corrected chi connectivity index (χ3v) is 5.28. The lowest BCUT2D eigenvalue weighted by Crippen LogP contribution is -2.35. The summed E-state index contributed by atoms with van der Waals surface area (Å²) < 4.78 is 0. The molecular weight excluding hydrogens is 352 g/mol. The van der Waals surface area contributed by atoms with Crippen molar-refractivity contribution in [3.8, 4) is 0 Å². The lowest BCUT2D eigenvalue weighted by atomic mass is 10.1. The van der Waals surface area contributed by atoms with Crippen LogP contribution in [-0.2, 0) is 16.0 Å². The molecule has 0 bridgehead atoms. The van der Waals surface area contributed by atoms with E-state index in [1.54, 1.807) is 4.90 Å². The molecule has 0 saturated carbocycles. The highest BCUT2D eigenvalue weighted by Gasteiger charge is 2.34. The highest BCUT2D eigenvalue weighted by molar-refractivity contribution is 5.89. The van der Waals surface area contributed by atoms with Crippen LogP contribution in [0.5, 0.6) is 0 Å². The van der Waals surface area contributed by atoms with Crippen LogP contribution in [0, 0.1) is 5.92 Å². The molecule has 2 atom stereocenters. The first-order valence-electron chi connectivity index (χ1n) is 9.67. The van der Waals surface area contributed by atoms with Gasteiger partial charge in [-0.15, -0.1) is 0 Å². The second-order valence-electron chi connectivity index (χ2n) is 7.35. The molecule has 1 aliphatic heterocycles. The summed E-state index contributed by atoms with van der Waals surface area (Å²) >= 11 is 0. The van der Waals surface area contributed by atoms with E-state index in [1.807, 2.05) is 49.4 Å². The molecule has 1 aliphatic rings. The van der Waals surface area contributed by atoms with Gasteiger partial charge in [-0.3, -0.25) is 9.59 Å². The summed E-state index contributed by atoms with van der Waals surface area (Å²) in [5.74, 6) is 0.367. The van der Waals surface area contributed by atoms with Crippen LogP contribution in [0.3, 0.4) is 0 Å². The van der Waals surface area contributed by atoms with Gasteiger partial charge in [0.15, 0.2) is 0 Å². The van der Waals surface area contributed by atoms with E-state index in [1.165, 1.54) is 5.56 Å². The van der Waals surface area contributed by atoms with Gasteiger partial charge < -0.3 is 15.2 Å². The molecule has 28 heavy (non-hydrogen) atoms. The zero-order valence-electron chi connectivity index (χ0n) is 15.9. The number of hydrogen-bond acceptors (Lipinski definition) is 3. The Morgan fingerprint density at radius 3 is 2.75 bits per heavy atom. The fourth-order valence-corrected chi connectivity index (χ4v) is 3.65. The number of carbonyl (C=O) groups excluding carboxylic acids is 2. The minimum Gasteiger partial charge on any atom is -0.346 e. The number of amides is 2. The van der Waals surface area contributed by atoms with E-state index in [-0.39, 0.29) is 30.2 Å². The van der Waals surface area contributed by atoms with Crippen molar-refractivity contribution in [2.24, 2.45) is 5.92 Å². The summed E-state index contributed by atoms with van der Waals surface area (Å²) in [7, 11) is 0. The summed E-state index contributed by atoms with van der Waals surface area (Å²) in [5.41, 5.74) is 3.02. The number of rotatable bonds is 6. The van der Waals surface area contributed by atoms with Gasteiger partial charge in [0.25, 0.3) is 0 Å². The van der Waals surface area contributed by atoms with E-state index in [0.717, 1.165) is 23.3 Å². The quantitative estimate of drug-likeness (QED) is 0.694. The maximum Gasteiger partial charge on any atom is 0.226 e. The lowest BCUT2D eigenvalue weighted by Gasteiger charge is -2.18. The van der Waals surface area contributed by atoms with Crippen molar-refractivity contribution in [2.75, 3.05) is 13.1 Å². The highest BCUT2D eigenvalue weighted by atomic mass is 16.2. The van der Waals surface area contributed by atoms with Crippen LogP contribution >= 0.6 is 0 Å². The predicted molar refractivity (Wildman–Crippen MR) is 107 cm³/mol. The van der Waals surface area contributed by atoms with Crippen molar-refractivity contribution in [2.45, 2.75) is 25.8 Å². The molecule has 0 radical (unpaired) electrons. The standard InChI is InChI=1S/C22H24N4O2/c1-15(21-24-18-9-5-6-10-19(18)25-21)23-22(28)17-13-20(27)26(14-17)12-11-16-7-3-2-4-8-16/h2-10,15,17H,11-14H2,1H3,(H,23,28)(H,24,25)/t15-,17-/m0/s1. The number of nitrogens with one attached hydrogen (secondary N) is 2. The molecule has 4 rings (SSSR count). The second kappa shape index (κ2) is 7.84. The molecular formula is C22H24N4O2. The number of fused-ring (bicyclic) bond motifs is 1. The lowest BCUT2D eigenvalue weighted by molar-refractivity contribution is -0.129. The van der Waals surface area contributed by atoms with E-state index in [2.05, 4.69) is 27.4 Å². The Morgan fingerprint density at radius 1 is 1.21 bits per heavy atom. The monoisotopic (exact) mass is 376 g/mol. The number of nitrogens with zero attached hydrogens (tertiary/aromatic N) is 2. The maximum absolute atomic E-state index is 12.7. The molecule has 0 spiro atoms. The first-order chi connectivity index (χ1) is 13.6. The minimum atomic E-state index is -0.310. The molecule has 6 heteroatoms. The number of H-pyrrole nitrogens is 1. The van der Waals surface area contributed by atoms with Crippen molar-refractivity contribution in [3.63, 3.8) is 0 Å². The van der Waals surface area contributed by atoms with Gasteiger partial charge in [-0.05, 0) is 31.0 Å². The largest absolute Gasteiger partial charge is 0.346 e. The first kappa shape index (κ1) is 18.2. The molecule has 2 N–H and O–H groups in total. The summed E-state index contributed by atoms with van der Waals surface area (Å²) in [4.78, 5) is 34.6. The summed E-state index contributed by atoms with van der Waals surface area (Å²) in [6.45, 7) is 3.02. The van der Waals surface area contributed by atoms with Crippen molar-refractivity contribution in [3.05, 3.63) is 66.0 Å². The average Bonchev–Trinajstić information content (AvgIpc) is 3.31. The Labute approximate surface area is 164 Å².